The average Bonchev–Trinajstić information content (AvgIpc) is 2.62. The number of benzene rings is 2. The number of aromatic hydroxyl groups is 1. The molecule has 1 aromatic heterocycles. The van der Waals surface area contributed by atoms with Gasteiger partial charge >= 0.3 is 0 Å². The second-order valence-electron chi connectivity index (χ2n) is 5.74. The number of nitrogens with zero attached hydrogens (tertiary/aromatic N) is 1. The standard InChI is InChI=1S/C20H20N2O2.CH4/c23-19-17(12-11-16-10-6-14-21-18(16)19)20(24)22-13-5-4-9-15-7-2-1-3-8-15;/h1-3,6-8,10-12,14,23H,4-5,9,13H2,(H,22,24);1H4. The van der Waals surface area contributed by atoms with Gasteiger partial charge in [0, 0.05) is 18.1 Å². The summed E-state index contributed by atoms with van der Waals surface area (Å²) in [5.41, 5.74) is 2.03. The molecule has 0 fully saturated rings. The SMILES string of the molecule is C.O=C(NCCCCc1ccccc1)c1ccc2cccnc2c1O. The highest BCUT2D eigenvalue weighted by atomic mass is 16.3. The molecule has 0 saturated carbocycles. The van der Waals surface area contributed by atoms with Gasteiger partial charge < -0.3 is 10.4 Å². The first-order chi connectivity index (χ1) is 11.8. The molecular formula is C21H24N2O2. The topological polar surface area (TPSA) is 62.2 Å². The number of phenolic OH excluding ortho intramolecular Hbond substituents is 1. The monoisotopic (exact) mass is 336 g/mol. The molecule has 3 aromatic rings. The first-order valence-corrected chi connectivity index (χ1v) is 8.14. The van der Waals surface area contributed by atoms with Crippen LogP contribution in [-0.2, 0) is 6.42 Å². The van der Waals surface area contributed by atoms with Crippen LogP contribution >= 0.6 is 0 Å². The number of unbranched alkanes of at least 4 members (excludes halogenated alkanes) is 1. The van der Waals surface area contributed by atoms with E-state index in [1.165, 1.54) is 5.56 Å². The number of carbonyl (C=O) groups is 1. The molecule has 4 nitrogen and oxygen atoms in total. The largest absolute Gasteiger partial charge is 0.505 e. The lowest BCUT2D eigenvalue weighted by atomic mass is 10.1. The van der Waals surface area contributed by atoms with E-state index < -0.39 is 0 Å². The summed E-state index contributed by atoms with van der Waals surface area (Å²) >= 11 is 0. The molecule has 0 unspecified atom stereocenters. The van der Waals surface area contributed by atoms with Gasteiger partial charge in [0.05, 0.1) is 5.56 Å². The molecule has 0 aliphatic heterocycles. The minimum absolute atomic E-state index is 0. The van der Waals surface area contributed by atoms with E-state index in [1.54, 1.807) is 24.4 Å². The van der Waals surface area contributed by atoms with E-state index in [9.17, 15) is 9.90 Å². The smallest absolute Gasteiger partial charge is 0.255 e. The summed E-state index contributed by atoms with van der Waals surface area (Å²) in [6.07, 6.45) is 4.51. The number of carbonyl (C=O) groups excluding carboxylic acids is 1. The summed E-state index contributed by atoms with van der Waals surface area (Å²) in [6.45, 7) is 0.589. The lowest BCUT2D eigenvalue weighted by Gasteiger charge is -2.08. The van der Waals surface area contributed by atoms with Crippen molar-refractivity contribution in [3.63, 3.8) is 0 Å². The highest BCUT2D eigenvalue weighted by Crippen LogP contribution is 2.26. The van der Waals surface area contributed by atoms with Crippen LogP contribution in [0.1, 0.15) is 36.2 Å². The molecule has 0 atom stereocenters. The van der Waals surface area contributed by atoms with Crippen molar-refractivity contribution in [2.24, 2.45) is 0 Å². The fourth-order valence-corrected chi connectivity index (χ4v) is 2.71. The minimum atomic E-state index is -0.264. The van der Waals surface area contributed by atoms with Crippen molar-refractivity contribution >= 4 is 16.8 Å². The molecule has 0 aliphatic rings. The molecule has 0 spiro atoms. The number of aryl methyl sites for hydroxylation is 1. The minimum Gasteiger partial charge on any atom is -0.505 e. The zero-order valence-corrected chi connectivity index (χ0v) is 13.4. The van der Waals surface area contributed by atoms with Gasteiger partial charge in [0.2, 0.25) is 0 Å². The summed E-state index contributed by atoms with van der Waals surface area (Å²) < 4.78 is 0. The van der Waals surface area contributed by atoms with Gasteiger partial charge in [-0.25, -0.2) is 0 Å². The van der Waals surface area contributed by atoms with Gasteiger partial charge in [0.15, 0.2) is 5.75 Å². The number of hydrogen-bond acceptors (Lipinski definition) is 3. The van der Waals surface area contributed by atoms with Crippen molar-refractivity contribution in [1.29, 1.82) is 0 Å². The third kappa shape index (κ3) is 4.57. The van der Waals surface area contributed by atoms with Crippen LogP contribution in [0, 0.1) is 0 Å². The first-order valence-electron chi connectivity index (χ1n) is 8.14. The van der Waals surface area contributed by atoms with Crippen molar-refractivity contribution < 1.29 is 9.90 Å². The van der Waals surface area contributed by atoms with Crippen molar-refractivity contribution in [2.45, 2.75) is 26.7 Å². The summed E-state index contributed by atoms with van der Waals surface area (Å²) in [4.78, 5) is 16.4. The highest BCUT2D eigenvalue weighted by Gasteiger charge is 2.13. The Morgan fingerprint density at radius 1 is 1.00 bits per heavy atom. The lowest BCUT2D eigenvalue weighted by molar-refractivity contribution is 0.0950. The second kappa shape index (κ2) is 8.83. The summed E-state index contributed by atoms with van der Waals surface area (Å²) in [5.74, 6) is -0.324. The van der Waals surface area contributed by atoms with Gasteiger partial charge in [-0.2, -0.15) is 0 Å². The number of amides is 1. The molecule has 0 aliphatic carbocycles. The van der Waals surface area contributed by atoms with Gasteiger partial charge in [0.25, 0.3) is 5.91 Å². The van der Waals surface area contributed by atoms with E-state index in [0.29, 0.717) is 12.1 Å². The second-order valence-corrected chi connectivity index (χ2v) is 5.74. The Morgan fingerprint density at radius 2 is 1.80 bits per heavy atom. The summed E-state index contributed by atoms with van der Waals surface area (Å²) in [6, 6.07) is 17.4. The Hall–Kier alpha value is -2.88. The third-order valence-electron chi connectivity index (χ3n) is 4.01. The number of hydrogen-bond donors (Lipinski definition) is 2. The quantitative estimate of drug-likeness (QED) is 0.659. The fourth-order valence-electron chi connectivity index (χ4n) is 2.71. The molecule has 4 heteroatoms. The Labute approximate surface area is 148 Å². The number of pyridine rings is 1. The first kappa shape index (κ1) is 18.5. The Morgan fingerprint density at radius 3 is 2.60 bits per heavy atom. The van der Waals surface area contributed by atoms with E-state index in [2.05, 4.69) is 22.4 Å². The summed E-state index contributed by atoms with van der Waals surface area (Å²) in [7, 11) is 0. The number of fused-ring (bicyclic) bond motifs is 1. The van der Waals surface area contributed by atoms with Crippen LogP contribution in [0.15, 0.2) is 60.8 Å². The van der Waals surface area contributed by atoms with E-state index in [0.717, 1.165) is 24.6 Å². The molecule has 25 heavy (non-hydrogen) atoms. The Kier molecular flexibility index (Phi) is 6.52. The van der Waals surface area contributed by atoms with E-state index in [1.807, 2.05) is 24.3 Å². The van der Waals surface area contributed by atoms with Crippen LogP contribution in [0.25, 0.3) is 10.9 Å². The zero-order valence-electron chi connectivity index (χ0n) is 13.4. The predicted octanol–water partition coefficient (Wildman–Crippen LogP) is 4.33. The van der Waals surface area contributed by atoms with Gasteiger partial charge in [0.1, 0.15) is 5.52 Å². The molecule has 2 N–H and O–H groups in total. The van der Waals surface area contributed by atoms with Crippen LogP contribution in [0.3, 0.4) is 0 Å². The zero-order chi connectivity index (χ0) is 16.8. The Bertz CT molecular complexity index is 832. The van der Waals surface area contributed by atoms with Crippen LogP contribution in [0.5, 0.6) is 5.75 Å². The predicted molar refractivity (Wildman–Crippen MR) is 102 cm³/mol. The van der Waals surface area contributed by atoms with Crippen molar-refractivity contribution in [3.8, 4) is 5.75 Å². The van der Waals surface area contributed by atoms with Crippen molar-refractivity contribution in [1.82, 2.24) is 10.3 Å². The molecule has 0 bridgehead atoms. The van der Waals surface area contributed by atoms with Crippen LogP contribution in [0.2, 0.25) is 0 Å². The molecule has 1 amide bonds. The van der Waals surface area contributed by atoms with E-state index >= 15 is 0 Å². The molecular weight excluding hydrogens is 312 g/mol. The number of phenols is 1. The van der Waals surface area contributed by atoms with Crippen molar-refractivity contribution in [2.75, 3.05) is 6.54 Å². The molecule has 1 heterocycles. The van der Waals surface area contributed by atoms with Gasteiger partial charge in [-0.1, -0.05) is 49.9 Å². The maximum atomic E-state index is 12.2. The number of nitrogens with one attached hydrogen (secondary N) is 1. The number of aromatic nitrogens is 1. The van der Waals surface area contributed by atoms with E-state index in [4.69, 9.17) is 0 Å². The van der Waals surface area contributed by atoms with Crippen LogP contribution in [0.4, 0.5) is 0 Å². The molecule has 130 valence electrons. The highest BCUT2D eigenvalue weighted by molar-refractivity contribution is 6.02. The Balaban J connectivity index is 0.00000225. The van der Waals surface area contributed by atoms with Gasteiger partial charge in [-0.3, -0.25) is 9.78 Å². The molecule has 2 aromatic carbocycles. The van der Waals surface area contributed by atoms with Gasteiger partial charge in [-0.05, 0) is 37.0 Å². The van der Waals surface area contributed by atoms with E-state index in [-0.39, 0.29) is 24.6 Å². The van der Waals surface area contributed by atoms with Crippen LogP contribution < -0.4 is 5.32 Å². The molecule has 3 rings (SSSR count). The maximum Gasteiger partial charge on any atom is 0.255 e. The molecule has 0 radical (unpaired) electrons. The number of rotatable bonds is 6. The van der Waals surface area contributed by atoms with Crippen molar-refractivity contribution in [3.05, 3.63) is 71.9 Å². The average molecular weight is 336 g/mol. The normalized spacial score (nSPS) is 10.2. The van der Waals surface area contributed by atoms with Crippen LogP contribution in [-0.4, -0.2) is 22.5 Å². The third-order valence-corrected chi connectivity index (χ3v) is 4.01. The molecule has 0 saturated heterocycles. The summed E-state index contributed by atoms with van der Waals surface area (Å²) in [5, 5.41) is 13.9. The lowest BCUT2D eigenvalue weighted by Crippen LogP contribution is -2.24. The van der Waals surface area contributed by atoms with Gasteiger partial charge in [-0.15, -0.1) is 0 Å². The maximum absolute atomic E-state index is 12.2. The fraction of sp³-hybridized carbons (Fsp3) is 0.238.